The van der Waals surface area contributed by atoms with E-state index in [2.05, 4.69) is 10.3 Å². The number of carbonyl (C=O) groups is 1. The smallest absolute Gasteiger partial charge is 0.270 e. The standard InChI is InChI=1S/C15H11N3O3S2/c1-22-11-5-2-9(3-6-11)14(19)17-15-16-12-7-4-10(18(20)21)8-13(12)23-15/h2-8H,1H3,(H,16,17,19). The van der Waals surface area contributed by atoms with Gasteiger partial charge in [-0.3, -0.25) is 20.2 Å². The fourth-order valence-corrected chi connectivity index (χ4v) is 3.29. The van der Waals surface area contributed by atoms with Crippen LogP contribution in [0.3, 0.4) is 0 Å². The third-order valence-corrected chi connectivity index (χ3v) is 4.83. The number of nitro benzene ring substituents is 1. The summed E-state index contributed by atoms with van der Waals surface area (Å²) in [6.45, 7) is 0. The molecule has 0 radical (unpaired) electrons. The molecule has 6 nitrogen and oxygen atoms in total. The maximum Gasteiger partial charge on any atom is 0.270 e. The lowest BCUT2D eigenvalue weighted by Crippen LogP contribution is -2.11. The lowest BCUT2D eigenvalue weighted by atomic mass is 10.2. The molecule has 0 saturated heterocycles. The van der Waals surface area contributed by atoms with Crippen LogP contribution in [0.15, 0.2) is 47.4 Å². The van der Waals surface area contributed by atoms with Crippen molar-refractivity contribution < 1.29 is 9.72 Å². The average molecular weight is 345 g/mol. The van der Waals surface area contributed by atoms with Crippen LogP contribution in [0.1, 0.15) is 10.4 Å². The largest absolute Gasteiger partial charge is 0.298 e. The first-order valence-electron chi connectivity index (χ1n) is 6.57. The van der Waals surface area contributed by atoms with Gasteiger partial charge < -0.3 is 0 Å². The van der Waals surface area contributed by atoms with E-state index in [0.29, 0.717) is 20.9 Å². The lowest BCUT2D eigenvalue weighted by Gasteiger charge is -2.02. The van der Waals surface area contributed by atoms with Gasteiger partial charge in [-0.05, 0) is 36.6 Å². The average Bonchev–Trinajstić information content (AvgIpc) is 2.96. The predicted molar refractivity (Wildman–Crippen MR) is 92.5 cm³/mol. The number of carbonyl (C=O) groups excluding carboxylic acids is 1. The van der Waals surface area contributed by atoms with E-state index < -0.39 is 4.92 Å². The number of nitrogens with one attached hydrogen (secondary N) is 1. The van der Waals surface area contributed by atoms with Crippen molar-refractivity contribution in [3.8, 4) is 0 Å². The molecule has 2 aromatic carbocycles. The van der Waals surface area contributed by atoms with Crippen LogP contribution in [0.25, 0.3) is 10.2 Å². The minimum Gasteiger partial charge on any atom is -0.298 e. The molecule has 116 valence electrons. The minimum atomic E-state index is -0.454. The molecule has 0 aliphatic carbocycles. The highest BCUT2D eigenvalue weighted by Gasteiger charge is 2.13. The molecule has 23 heavy (non-hydrogen) atoms. The number of fused-ring (bicyclic) bond motifs is 1. The Labute approximate surface area is 139 Å². The second-order valence-electron chi connectivity index (χ2n) is 4.61. The number of amides is 1. The van der Waals surface area contributed by atoms with Gasteiger partial charge in [-0.15, -0.1) is 11.8 Å². The molecule has 0 saturated carbocycles. The molecule has 1 aromatic heterocycles. The Morgan fingerprint density at radius 2 is 2.00 bits per heavy atom. The number of thioether (sulfide) groups is 1. The van der Waals surface area contributed by atoms with E-state index in [-0.39, 0.29) is 11.6 Å². The summed E-state index contributed by atoms with van der Waals surface area (Å²) in [5.74, 6) is -0.258. The monoisotopic (exact) mass is 345 g/mol. The van der Waals surface area contributed by atoms with Crippen LogP contribution in [0.2, 0.25) is 0 Å². The van der Waals surface area contributed by atoms with Crippen molar-refractivity contribution >= 4 is 50.0 Å². The molecule has 3 aromatic rings. The van der Waals surface area contributed by atoms with Crippen molar-refractivity contribution in [1.29, 1.82) is 0 Å². The van der Waals surface area contributed by atoms with Gasteiger partial charge in [-0.25, -0.2) is 4.98 Å². The molecule has 8 heteroatoms. The summed E-state index contributed by atoms with van der Waals surface area (Å²) in [6, 6.07) is 11.7. The fraction of sp³-hybridized carbons (Fsp3) is 0.0667. The fourth-order valence-electron chi connectivity index (χ4n) is 1.99. The Morgan fingerprint density at radius 3 is 2.65 bits per heavy atom. The summed E-state index contributed by atoms with van der Waals surface area (Å²) in [7, 11) is 0. The number of rotatable bonds is 4. The van der Waals surface area contributed by atoms with Crippen molar-refractivity contribution in [3.05, 3.63) is 58.1 Å². The van der Waals surface area contributed by atoms with Gasteiger partial charge in [0.15, 0.2) is 5.13 Å². The highest BCUT2D eigenvalue weighted by molar-refractivity contribution is 7.98. The number of benzene rings is 2. The first kappa shape index (κ1) is 15.4. The molecule has 0 aliphatic heterocycles. The second kappa shape index (κ2) is 6.35. The SMILES string of the molecule is CSc1ccc(C(=O)Nc2nc3ccc([N+](=O)[O-])cc3s2)cc1. The summed E-state index contributed by atoms with van der Waals surface area (Å²) < 4.78 is 0.659. The van der Waals surface area contributed by atoms with Crippen molar-refractivity contribution in [2.75, 3.05) is 11.6 Å². The van der Waals surface area contributed by atoms with Gasteiger partial charge >= 0.3 is 0 Å². The number of anilines is 1. The van der Waals surface area contributed by atoms with E-state index in [1.807, 2.05) is 18.4 Å². The molecule has 0 fully saturated rings. The third-order valence-electron chi connectivity index (χ3n) is 3.16. The number of nitrogens with zero attached hydrogens (tertiary/aromatic N) is 2. The third kappa shape index (κ3) is 3.33. The maximum atomic E-state index is 12.2. The summed E-state index contributed by atoms with van der Waals surface area (Å²) in [4.78, 5) is 27.9. The van der Waals surface area contributed by atoms with Crippen LogP contribution in [0, 0.1) is 10.1 Å². The minimum absolute atomic E-state index is 0.00619. The Kier molecular flexibility index (Phi) is 4.26. The first-order valence-corrected chi connectivity index (χ1v) is 8.61. The Bertz CT molecular complexity index is 891. The van der Waals surface area contributed by atoms with Gasteiger partial charge in [0, 0.05) is 22.6 Å². The molecule has 0 aliphatic rings. The molecule has 0 atom stereocenters. The zero-order valence-corrected chi connectivity index (χ0v) is 13.6. The van der Waals surface area contributed by atoms with Crippen LogP contribution < -0.4 is 5.32 Å². The van der Waals surface area contributed by atoms with Crippen LogP contribution >= 0.6 is 23.1 Å². The van der Waals surface area contributed by atoms with E-state index >= 15 is 0 Å². The van der Waals surface area contributed by atoms with Crippen LogP contribution in [0.5, 0.6) is 0 Å². The summed E-state index contributed by atoms with van der Waals surface area (Å²) in [5, 5.41) is 13.9. The quantitative estimate of drug-likeness (QED) is 0.435. The van der Waals surface area contributed by atoms with Crippen molar-refractivity contribution in [2.45, 2.75) is 4.90 Å². The van der Waals surface area contributed by atoms with Gasteiger partial charge in [0.1, 0.15) is 0 Å². The maximum absolute atomic E-state index is 12.2. The molecule has 1 N–H and O–H groups in total. The summed E-state index contributed by atoms with van der Waals surface area (Å²) >= 11 is 2.81. The second-order valence-corrected chi connectivity index (χ2v) is 6.52. The summed E-state index contributed by atoms with van der Waals surface area (Å²) in [6.07, 6.45) is 1.97. The van der Waals surface area contributed by atoms with E-state index in [4.69, 9.17) is 0 Å². The zero-order chi connectivity index (χ0) is 16.4. The lowest BCUT2D eigenvalue weighted by molar-refractivity contribution is -0.384. The number of non-ortho nitro benzene ring substituents is 1. The van der Waals surface area contributed by atoms with E-state index in [1.54, 1.807) is 30.0 Å². The molecule has 0 bridgehead atoms. The number of thiazole rings is 1. The van der Waals surface area contributed by atoms with Gasteiger partial charge in [0.25, 0.3) is 11.6 Å². The van der Waals surface area contributed by atoms with E-state index in [0.717, 1.165) is 4.90 Å². The first-order chi connectivity index (χ1) is 11.1. The van der Waals surface area contributed by atoms with Crippen molar-refractivity contribution in [2.24, 2.45) is 0 Å². The molecule has 0 spiro atoms. The Morgan fingerprint density at radius 1 is 1.26 bits per heavy atom. The molecular formula is C15H11N3O3S2. The number of nitro groups is 1. The van der Waals surface area contributed by atoms with Gasteiger partial charge in [0.2, 0.25) is 0 Å². The summed E-state index contributed by atoms with van der Waals surface area (Å²) in [5.41, 5.74) is 1.16. The number of hydrogen-bond acceptors (Lipinski definition) is 6. The van der Waals surface area contributed by atoms with Crippen LogP contribution in [-0.4, -0.2) is 22.1 Å². The van der Waals surface area contributed by atoms with Crippen molar-refractivity contribution in [3.63, 3.8) is 0 Å². The van der Waals surface area contributed by atoms with Gasteiger partial charge in [0.05, 0.1) is 15.1 Å². The van der Waals surface area contributed by atoms with Crippen LogP contribution in [-0.2, 0) is 0 Å². The Balaban J connectivity index is 1.82. The van der Waals surface area contributed by atoms with E-state index in [9.17, 15) is 14.9 Å². The number of aromatic nitrogens is 1. The van der Waals surface area contributed by atoms with E-state index in [1.165, 1.54) is 23.5 Å². The normalized spacial score (nSPS) is 10.7. The molecule has 3 rings (SSSR count). The predicted octanol–water partition coefficient (Wildman–Crippen LogP) is 4.18. The van der Waals surface area contributed by atoms with Crippen LogP contribution in [0.4, 0.5) is 10.8 Å². The molecule has 1 heterocycles. The van der Waals surface area contributed by atoms with Crippen molar-refractivity contribution in [1.82, 2.24) is 4.98 Å². The Hall–Kier alpha value is -2.45. The topological polar surface area (TPSA) is 85.1 Å². The van der Waals surface area contributed by atoms with Gasteiger partial charge in [-0.1, -0.05) is 11.3 Å². The molecule has 0 unspecified atom stereocenters. The van der Waals surface area contributed by atoms with Gasteiger partial charge in [-0.2, -0.15) is 0 Å². The molecular weight excluding hydrogens is 334 g/mol. The zero-order valence-electron chi connectivity index (χ0n) is 12.0. The number of hydrogen-bond donors (Lipinski definition) is 1. The highest BCUT2D eigenvalue weighted by atomic mass is 32.2. The molecule has 1 amide bonds. The highest BCUT2D eigenvalue weighted by Crippen LogP contribution is 2.29.